The van der Waals surface area contributed by atoms with Gasteiger partial charge >= 0.3 is 0 Å². The van der Waals surface area contributed by atoms with Gasteiger partial charge in [-0.25, -0.2) is 0 Å². The number of rotatable bonds is 4. The van der Waals surface area contributed by atoms with Crippen molar-refractivity contribution in [2.24, 2.45) is 17.3 Å². The fourth-order valence-corrected chi connectivity index (χ4v) is 2.76. The number of carbonyl (C=O) groups is 1. The van der Waals surface area contributed by atoms with Crippen LogP contribution < -0.4 is 5.32 Å². The van der Waals surface area contributed by atoms with Gasteiger partial charge in [0.2, 0.25) is 5.91 Å². The second-order valence-corrected chi connectivity index (χ2v) is 6.69. The molecule has 1 aromatic heterocycles. The van der Waals surface area contributed by atoms with E-state index in [4.69, 9.17) is 11.6 Å². The molecule has 1 aliphatic carbocycles. The number of nitrogens with one attached hydrogen (secondary N) is 1. The van der Waals surface area contributed by atoms with Crippen LogP contribution in [0.25, 0.3) is 0 Å². The summed E-state index contributed by atoms with van der Waals surface area (Å²) in [6, 6.07) is 3.61. The van der Waals surface area contributed by atoms with Crippen LogP contribution in [0.4, 0.5) is 0 Å². The van der Waals surface area contributed by atoms with Crippen molar-refractivity contribution in [1.82, 2.24) is 10.3 Å². The summed E-state index contributed by atoms with van der Waals surface area (Å²) >= 11 is 5.78. The number of carbonyl (C=O) groups excluding carboxylic acids is 1. The van der Waals surface area contributed by atoms with Crippen LogP contribution in [0.15, 0.2) is 30.0 Å². The van der Waals surface area contributed by atoms with Crippen molar-refractivity contribution in [2.75, 3.05) is 0 Å². The Bertz CT molecular complexity index is 530. The Hall–Kier alpha value is -1.35. The normalized spacial score (nSPS) is 23.1. The first-order chi connectivity index (χ1) is 9.32. The predicted octanol–water partition coefficient (Wildman–Crippen LogP) is 3.59. The first-order valence-corrected chi connectivity index (χ1v) is 7.23. The third-order valence-electron chi connectivity index (χ3n) is 3.94. The van der Waals surface area contributed by atoms with Crippen molar-refractivity contribution in [3.63, 3.8) is 0 Å². The quantitative estimate of drug-likeness (QED) is 0.862. The van der Waals surface area contributed by atoms with Gasteiger partial charge in [-0.05, 0) is 37.3 Å². The molecule has 0 aliphatic heterocycles. The molecule has 3 nitrogen and oxygen atoms in total. The number of halogens is 1. The highest BCUT2D eigenvalue weighted by Crippen LogP contribution is 2.59. The number of amides is 1. The largest absolute Gasteiger partial charge is 0.350 e. The minimum Gasteiger partial charge on any atom is -0.350 e. The molecule has 0 radical (unpaired) electrons. The van der Waals surface area contributed by atoms with Crippen LogP contribution >= 0.6 is 11.6 Å². The fraction of sp³-hybridized carbons (Fsp3) is 0.500. The molecule has 2 rings (SSSR count). The average molecular weight is 293 g/mol. The summed E-state index contributed by atoms with van der Waals surface area (Å²) in [4.78, 5) is 16.4. The summed E-state index contributed by atoms with van der Waals surface area (Å²) < 4.78 is 0. The topological polar surface area (TPSA) is 42.0 Å². The third kappa shape index (κ3) is 3.21. The van der Waals surface area contributed by atoms with Crippen LogP contribution in [-0.4, -0.2) is 10.9 Å². The Balaban J connectivity index is 1.93. The van der Waals surface area contributed by atoms with Crippen molar-refractivity contribution in [3.05, 3.63) is 40.7 Å². The molecule has 1 N–H and O–H groups in total. The first-order valence-electron chi connectivity index (χ1n) is 6.85. The van der Waals surface area contributed by atoms with E-state index in [2.05, 4.69) is 44.1 Å². The molecule has 0 aromatic carbocycles. The molecule has 1 amide bonds. The molecule has 1 aliphatic rings. The highest BCUT2D eigenvalue weighted by molar-refractivity contribution is 6.30. The first kappa shape index (κ1) is 15.0. The van der Waals surface area contributed by atoms with Crippen molar-refractivity contribution >= 4 is 17.5 Å². The lowest BCUT2D eigenvalue weighted by Crippen LogP contribution is -2.26. The molecule has 0 spiro atoms. The standard InChI is InChI=1S/C16H21ClN2O/c1-10(2)7-13-14(16(13,3)4)15(20)19-9-12-6-5-11(17)8-18-12/h5-8,13-14H,9H2,1-4H3,(H,19,20). The molecule has 1 heterocycles. The number of hydrogen-bond donors (Lipinski definition) is 1. The summed E-state index contributed by atoms with van der Waals surface area (Å²) in [5.74, 6) is 0.504. The molecule has 0 bridgehead atoms. The van der Waals surface area contributed by atoms with Gasteiger partial charge in [-0.15, -0.1) is 0 Å². The van der Waals surface area contributed by atoms with Gasteiger partial charge in [-0.1, -0.05) is 37.1 Å². The number of pyridine rings is 1. The van der Waals surface area contributed by atoms with E-state index >= 15 is 0 Å². The van der Waals surface area contributed by atoms with E-state index in [0.717, 1.165) is 5.69 Å². The number of allylic oxidation sites excluding steroid dienone is 2. The molecule has 1 fully saturated rings. The Morgan fingerprint density at radius 1 is 1.45 bits per heavy atom. The monoisotopic (exact) mass is 292 g/mol. The number of hydrogen-bond acceptors (Lipinski definition) is 2. The van der Waals surface area contributed by atoms with E-state index in [-0.39, 0.29) is 17.2 Å². The lowest BCUT2D eigenvalue weighted by atomic mass is 10.1. The van der Waals surface area contributed by atoms with Crippen molar-refractivity contribution in [3.8, 4) is 0 Å². The van der Waals surface area contributed by atoms with Crippen molar-refractivity contribution in [2.45, 2.75) is 34.2 Å². The van der Waals surface area contributed by atoms with Gasteiger partial charge in [0.1, 0.15) is 0 Å². The number of aromatic nitrogens is 1. The summed E-state index contributed by atoms with van der Waals surface area (Å²) in [5.41, 5.74) is 2.13. The maximum atomic E-state index is 12.3. The summed E-state index contributed by atoms with van der Waals surface area (Å²) in [6.07, 6.45) is 3.79. The van der Waals surface area contributed by atoms with Gasteiger partial charge in [0.15, 0.2) is 0 Å². The highest BCUT2D eigenvalue weighted by atomic mass is 35.5. The van der Waals surface area contributed by atoms with Gasteiger partial charge in [0, 0.05) is 6.20 Å². The zero-order valence-corrected chi connectivity index (χ0v) is 13.2. The van der Waals surface area contributed by atoms with Crippen LogP contribution in [0.3, 0.4) is 0 Å². The summed E-state index contributed by atoms with van der Waals surface area (Å²) in [5, 5.41) is 3.57. The zero-order chi connectivity index (χ0) is 14.9. The number of nitrogens with zero attached hydrogens (tertiary/aromatic N) is 1. The second kappa shape index (κ2) is 5.57. The smallest absolute Gasteiger partial charge is 0.224 e. The van der Waals surface area contributed by atoms with Crippen molar-refractivity contribution < 1.29 is 4.79 Å². The van der Waals surface area contributed by atoms with E-state index in [1.54, 1.807) is 12.3 Å². The van der Waals surface area contributed by atoms with E-state index in [0.29, 0.717) is 17.5 Å². The molecule has 2 atom stereocenters. The molecule has 108 valence electrons. The third-order valence-corrected chi connectivity index (χ3v) is 4.16. The van der Waals surface area contributed by atoms with Crippen LogP contribution in [0, 0.1) is 17.3 Å². The van der Waals surface area contributed by atoms with Crippen LogP contribution in [0.1, 0.15) is 33.4 Å². The van der Waals surface area contributed by atoms with E-state index in [9.17, 15) is 4.79 Å². The Labute approximate surface area is 125 Å². The predicted molar refractivity (Wildman–Crippen MR) is 81.3 cm³/mol. The fourth-order valence-electron chi connectivity index (χ4n) is 2.65. The van der Waals surface area contributed by atoms with Gasteiger partial charge in [-0.3, -0.25) is 9.78 Å². The molecular weight excluding hydrogens is 272 g/mol. The molecular formula is C16H21ClN2O. The van der Waals surface area contributed by atoms with Crippen LogP contribution in [-0.2, 0) is 11.3 Å². The van der Waals surface area contributed by atoms with Crippen molar-refractivity contribution in [1.29, 1.82) is 0 Å². The molecule has 2 unspecified atom stereocenters. The van der Waals surface area contributed by atoms with E-state index < -0.39 is 0 Å². The Morgan fingerprint density at radius 3 is 2.70 bits per heavy atom. The highest BCUT2D eigenvalue weighted by Gasteiger charge is 2.60. The van der Waals surface area contributed by atoms with Crippen LogP contribution in [0.5, 0.6) is 0 Å². The van der Waals surface area contributed by atoms with Crippen LogP contribution in [0.2, 0.25) is 5.02 Å². The van der Waals surface area contributed by atoms with Gasteiger partial charge < -0.3 is 5.32 Å². The molecule has 1 aromatic rings. The van der Waals surface area contributed by atoms with Gasteiger partial charge in [-0.2, -0.15) is 0 Å². The molecule has 0 saturated heterocycles. The minimum absolute atomic E-state index is 0.0504. The Kier molecular flexibility index (Phi) is 4.19. The average Bonchev–Trinajstić information content (AvgIpc) is 2.89. The Morgan fingerprint density at radius 2 is 2.15 bits per heavy atom. The summed E-state index contributed by atoms with van der Waals surface area (Å²) in [6.45, 7) is 8.87. The lowest BCUT2D eigenvalue weighted by molar-refractivity contribution is -0.123. The minimum atomic E-state index is 0.0504. The maximum absolute atomic E-state index is 12.3. The molecule has 4 heteroatoms. The molecule has 20 heavy (non-hydrogen) atoms. The second-order valence-electron chi connectivity index (χ2n) is 6.25. The molecule has 1 saturated carbocycles. The zero-order valence-electron chi connectivity index (χ0n) is 12.4. The SMILES string of the molecule is CC(C)=CC1C(C(=O)NCc2ccc(Cl)cn2)C1(C)C. The van der Waals surface area contributed by atoms with Gasteiger partial charge in [0.25, 0.3) is 0 Å². The van der Waals surface area contributed by atoms with E-state index in [1.807, 2.05) is 6.07 Å². The maximum Gasteiger partial charge on any atom is 0.224 e. The lowest BCUT2D eigenvalue weighted by Gasteiger charge is -2.05. The van der Waals surface area contributed by atoms with Gasteiger partial charge in [0.05, 0.1) is 23.2 Å². The van der Waals surface area contributed by atoms with E-state index in [1.165, 1.54) is 5.57 Å². The summed E-state index contributed by atoms with van der Waals surface area (Å²) in [7, 11) is 0.